The van der Waals surface area contributed by atoms with Gasteiger partial charge < -0.3 is 14.5 Å². The second-order valence-electron chi connectivity index (χ2n) is 12.1. The zero-order chi connectivity index (χ0) is 25.2. The molecule has 5 heteroatoms. The molecule has 5 aliphatic rings. The van der Waals surface area contributed by atoms with Crippen LogP contribution in [0.25, 0.3) is 0 Å². The van der Waals surface area contributed by atoms with Gasteiger partial charge in [-0.15, -0.1) is 0 Å². The van der Waals surface area contributed by atoms with Crippen molar-refractivity contribution in [1.82, 2.24) is 14.7 Å². The first-order valence-corrected chi connectivity index (χ1v) is 14.6. The summed E-state index contributed by atoms with van der Waals surface area (Å²) in [6.45, 7) is 7.41. The van der Waals surface area contributed by atoms with Crippen LogP contribution in [0.1, 0.15) is 61.5 Å². The van der Waals surface area contributed by atoms with Gasteiger partial charge in [0.05, 0.1) is 6.42 Å². The molecule has 3 saturated carbocycles. The number of rotatable bonds is 7. The summed E-state index contributed by atoms with van der Waals surface area (Å²) in [4.78, 5) is 20.9. The van der Waals surface area contributed by atoms with E-state index in [1.165, 1.54) is 49.9 Å². The van der Waals surface area contributed by atoms with Crippen molar-refractivity contribution >= 4 is 5.97 Å². The molecule has 2 aliphatic heterocycles. The molecule has 3 atom stereocenters. The third kappa shape index (κ3) is 5.23. The molecule has 2 saturated heterocycles. The van der Waals surface area contributed by atoms with Crippen molar-refractivity contribution in [3.8, 4) is 0 Å². The van der Waals surface area contributed by atoms with Crippen molar-refractivity contribution in [3.05, 3.63) is 71.8 Å². The standard InChI is InChI=1S/C32H43N3O2/c1-33-18-20-34(21-19-33)17-14-30(36)37-29-24-32(35-15-8-9-16-35)22-27(25-10-4-2-5-11-25)31(29)28(23-32)26-12-6-3-7-13-26/h2-7,10-13,27-29,31H,8-9,14-24H2,1H3/t27-,28-,29-,31?,32?/m0/s1. The average molecular weight is 502 g/mol. The van der Waals surface area contributed by atoms with Crippen LogP contribution in [-0.4, -0.2) is 85.2 Å². The van der Waals surface area contributed by atoms with E-state index in [0.29, 0.717) is 24.2 Å². The highest BCUT2D eigenvalue weighted by Crippen LogP contribution is 2.61. The highest BCUT2D eigenvalue weighted by molar-refractivity contribution is 5.70. The van der Waals surface area contributed by atoms with Crippen molar-refractivity contribution in [2.75, 3.05) is 52.9 Å². The summed E-state index contributed by atoms with van der Waals surface area (Å²) in [6, 6.07) is 22.1. The number of ether oxygens (including phenoxy) is 1. The van der Waals surface area contributed by atoms with Crippen LogP contribution < -0.4 is 0 Å². The van der Waals surface area contributed by atoms with E-state index in [1.807, 2.05) is 0 Å². The number of likely N-dealkylation sites (N-methyl/N-ethyl adjacent to an activating group) is 1. The molecule has 2 aromatic carbocycles. The second kappa shape index (κ2) is 10.9. The van der Waals surface area contributed by atoms with Crippen LogP contribution in [0.2, 0.25) is 0 Å². The van der Waals surface area contributed by atoms with E-state index in [1.54, 1.807) is 0 Å². The largest absolute Gasteiger partial charge is 0.462 e. The van der Waals surface area contributed by atoms with Crippen molar-refractivity contribution in [3.63, 3.8) is 0 Å². The van der Waals surface area contributed by atoms with E-state index in [0.717, 1.165) is 39.1 Å². The first kappa shape index (κ1) is 25.1. The van der Waals surface area contributed by atoms with E-state index >= 15 is 0 Å². The van der Waals surface area contributed by atoms with Gasteiger partial charge in [-0.05, 0) is 68.8 Å². The fraction of sp³-hybridized carbons (Fsp3) is 0.594. The van der Waals surface area contributed by atoms with Gasteiger partial charge in [0.1, 0.15) is 6.10 Å². The third-order valence-electron chi connectivity index (χ3n) is 9.88. The summed E-state index contributed by atoms with van der Waals surface area (Å²) < 4.78 is 6.52. The van der Waals surface area contributed by atoms with E-state index in [2.05, 4.69) is 82.4 Å². The molecule has 2 bridgehead atoms. The number of piperazine rings is 1. The summed E-state index contributed by atoms with van der Waals surface area (Å²) in [5.74, 6) is 1.13. The minimum atomic E-state index is -0.0292. The van der Waals surface area contributed by atoms with Gasteiger partial charge in [-0.1, -0.05) is 60.7 Å². The number of fused-ring (bicyclic) bond motifs is 3. The molecule has 198 valence electrons. The Morgan fingerprint density at radius 3 is 1.95 bits per heavy atom. The van der Waals surface area contributed by atoms with Gasteiger partial charge in [-0.25, -0.2) is 0 Å². The molecule has 37 heavy (non-hydrogen) atoms. The Bertz CT molecular complexity index is 981. The predicted molar refractivity (Wildman–Crippen MR) is 148 cm³/mol. The molecule has 2 heterocycles. The Hall–Kier alpha value is -2.21. The van der Waals surface area contributed by atoms with Crippen LogP contribution in [0.4, 0.5) is 0 Å². The fourth-order valence-corrected chi connectivity index (χ4v) is 7.98. The lowest BCUT2D eigenvalue weighted by Crippen LogP contribution is -2.62. The molecule has 0 N–H and O–H groups in total. The van der Waals surface area contributed by atoms with Gasteiger partial charge in [-0.2, -0.15) is 0 Å². The zero-order valence-corrected chi connectivity index (χ0v) is 22.4. The van der Waals surface area contributed by atoms with Gasteiger partial charge in [0.2, 0.25) is 0 Å². The number of likely N-dealkylation sites (tertiary alicyclic amines) is 1. The first-order chi connectivity index (χ1) is 18.1. The molecule has 7 rings (SSSR count). The van der Waals surface area contributed by atoms with Gasteiger partial charge in [-0.3, -0.25) is 9.69 Å². The van der Waals surface area contributed by atoms with E-state index in [4.69, 9.17) is 4.74 Å². The number of esters is 1. The molecular formula is C32H43N3O2. The summed E-state index contributed by atoms with van der Waals surface area (Å²) in [6.07, 6.45) is 6.39. The summed E-state index contributed by atoms with van der Waals surface area (Å²) >= 11 is 0. The van der Waals surface area contributed by atoms with Crippen LogP contribution >= 0.6 is 0 Å². The number of carbonyl (C=O) groups is 1. The Labute approximate surface area is 222 Å². The molecular weight excluding hydrogens is 458 g/mol. The van der Waals surface area contributed by atoms with Gasteiger partial charge in [0.15, 0.2) is 0 Å². The predicted octanol–water partition coefficient (Wildman–Crippen LogP) is 4.75. The van der Waals surface area contributed by atoms with Gasteiger partial charge >= 0.3 is 5.97 Å². The second-order valence-corrected chi connectivity index (χ2v) is 12.1. The number of hydrogen-bond acceptors (Lipinski definition) is 5. The lowest BCUT2D eigenvalue weighted by molar-refractivity contribution is -0.168. The minimum absolute atomic E-state index is 0.00771. The van der Waals surface area contributed by atoms with Crippen LogP contribution in [0.5, 0.6) is 0 Å². The molecule has 0 spiro atoms. The van der Waals surface area contributed by atoms with Gasteiger partial charge in [0.25, 0.3) is 0 Å². The first-order valence-electron chi connectivity index (χ1n) is 14.6. The lowest BCUT2D eigenvalue weighted by Gasteiger charge is -2.61. The summed E-state index contributed by atoms with van der Waals surface area (Å²) in [7, 11) is 2.17. The van der Waals surface area contributed by atoms with E-state index in [-0.39, 0.29) is 17.6 Å². The zero-order valence-electron chi connectivity index (χ0n) is 22.4. The molecule has 0 aromatic heterocycles. The minimum Gasteiger partial charge on any atom is -0.462 e. The highest BCUT2D eigenvalue weighted by atomic mass is 16.5. The molecule has 3 aliphatic carbocycles. The summed E-state index contributed by atoms with van der Waals surface area (Å²) in [5.41, 5.74) is 2.93. The van der Waals surface area contributed by atoms with Crippen molar-refractivity contribution in [2.24, 2.45) is 5.92 Å². The molecule has 0 unspecified atom stereocenters. The Morgan fingerprint density at radius 1 is 0.811 bits per heavy atom. The average Bonchev–Trinajstić information content (AvgIpc) is 3.50. The molecule has 5 nitrogen and oxygen atoms in total. The number of carbonyl (C=O) groups excluding carboxylic acids is 1. The van der Waals surface area contributed by atoms with Crippen molar-refractivity contribution in [1.29, 1.82) is 0 Å². The smallest absolute Gasteiger partial charge is 0.307 e. The Kier molecular flexibility index (Phi) is 7.38. The topological polar surface area (TPSA) is 36.0 Å². The maximum atomic E-state index is 13.3. The molecule has 2 aromatic rings. The molecule has 0 radical (unpaired) electrons. The number of nitrogens with zero attached hydrogens (tertiary/aromatic N) is 3. The van der Waals surface area contributed by atoms with E-state index < -0.39 is 0 Å². The quantitative estimate of drug-likeness (QED) is 0.512. The van der Waals surface area contributed by atoms with Crippen molar-refractivity contribution < 1.29 is 9.53 Å². The Morgan fingerprint density at radius 2 is 1.38 bits per heavy atom. The Balaban J connectivity index is 1.28. The van der Waals surface area contributed by atoms with Crippen LogP contribution in [0, 0.1) is 5.92 Å². The third-order valence-corrected chi connectivity index (χ3v) is 9.88. The van der Waals surface area contributed by atoms with Gasteiger partial charge in [0, 0.05) is 50.6 Å². The fourth-order valence-electron chi connectivity index (χ4n) is 7.98. The normalized spacial score (nSPS) is 33.0. The van der Waals surface area contributed by atoms with Crippen LogP contribution in [-0.2, 0) is 9.53 Å². The van der Waals surface area contributed by atoms with Crippen molar-refractivity contribution in [2.45, 2.75) is 62.0 Å². The summed E-state index contributed by atoms with van der Waals surface area (Å²) in [5, 5.41) is 0. The van der Waals surface area contributed by atoms with E-state index in [9.17, 15) is 4.79 Å². The highest BCUT2D eigenvalue weighted by Gasteiger charge is 2.59. The lowest BCUT2D eigenvalue weighted by atomic mass is 9.51. The maximum absolute atomic E-state index is 13.3. The number of hydrogen-bond donors (Lipinski definition) is 0. The number of benzene rings is 2. The van der Waals surface area contributed by atoms with Crippen LogP contribution in [0.15, 0.2) is 60.7 Å². The SMILES string of the molecule is CN1CCN(CCC(=O)O[C@H]2CC3(N4CCCC4)C[C@@H](c4ccccc4)C2[C@H](c2ccccc2)C3)CC1. The van der Waals surface area contributed by atoms with Crippen LogP contribution in [0.3, 0.4) is 0 Å². The molecule has 5 fully saturated rings. The maximum Gasteiger partial charge on any atom is 0.307 e. The molecule has 0 amide bonds. The monoisotopic (exact) mass is 501 g/mol.